The number of nitrogens with one attached hydrogen (secondary N) is 1. The van der Waals surface area contributed by atoms with Gasteiger partial charge in [0.1, 0.15) is 16.3 Å². The van der Waals surface area contributed by atoms with Crippen LogP contribution in [0.2, 0.25) is 0 Å². The lowest BCUT2D eigenvalue weighted by atomic mass is 9.90. The highest BCUT2D eigenvalue weighted by Gasteiger charge is 2.45. The molecule has 1 saturated heterocycles. The molecule has 3 aliphatic rings. The third-order valence-corrected chi connectivity index (χ3v) is 7.35. The van der Waals surface area contributed by atoms with Gasteiger partial charge in [-0.1, -0.05) is 24.3 Å². The van der Waals surface area contributed by atoms with Gasteiger partial charge in [-0.25, -0.2) is 0 Å². The van der Waals surface area contributed by atoms with E-state index in [2.05, 4.69) is 15.2 Å². The van der Waals surface area contributed by atoms with Crippen LogP contribution in [-0.2, 0) is 9.53 Å². The first kappa shape index (κ1) is 19.3. The lowest BCUT2D eigenvalue weighted by Gasteiger charge is -2.45. The number of allylic oxidation sites excluding steroid dienone is 1. The average molecular weight is 422 g/mol. The molecule has 2 aromatic rings. The zero-order valence-electron chi connectivity index (χ0n) is 16.8. The Hall–Kier alpha value is -2.64. The number of pyridine rings is 1. The van der Waals surface area contributed by atoms with Crippen LogP contribution >= 0.6 is 11.8 Å². The van der Waals surface area contributed by atoms with E-state index in [0.29, 0.717) is 22.0 Å². The van der Waals surface area contributed by atoms with Gasteiger partial charge in [-0.15, -0.1) is 11.8 Å². The number of piperidine rings is 1. The molecule has 3 heterocycles. The van der Waals surface area contributed by atoms with Crippen molar-refractivity contribution in [3.05, 3.63) is 64.3 Å². The number of carbonyl (C=O) groups is 2. The van der Waals surface area contributed by atoms with Gasteiger partial charge in [0.2, 0.25) is 11.6 Å². The summed E-state index contributed by atoms with van der Waals surface area (Å²) in [5.41, 5.74) is 2.93. The minimum atomic E-state index is -0.433. The number of rotatable bonds is 3. The molecule has 1 aliphatic carbocycles. The number of ether oxygens (including phenoxy) is 1. The summed E-state index contributed by atoms with van der Waals surface area (Å²) in [6, 6.07) is 11.3. The number of aromatic nitrogens is 1. The number of nitrogens with zero attached hydrogens (tertiary/aromatic N) is 2. The molecule has 0 atom stereocenters. The molecular formula is C23H23N3O3S. The fourth-order valence-electron chi connectivity index (χ4n) is 4.15. The number of benzene rings is 1. The average Bonchev–Trinajstić information content (AvgIpc) is 2.78. The van der Waals surface area contributed by atoms with Gasteiger partial charge in [0.25, 0.3) is 0 Å². The molecule has 154 valence electrons. The summed E-state index contributed by atoms with van der Waals surface area (Å²) in [4.78, 5) is 32.1. The summed E-state index contributed by atoms with van der Waals surface area (Å²) in [5, 5.41) is 3.43. The van der Waals surface area contributed by atoms with Gasteiger partial charge < -0.3 is 10.1 Å². The van der Waals surface area contributed by atoms with Crippen molar-refractivity contribution in [2.45, 2.75) is 25.4 Å². The molecular weight excluding hydrogens is 398 g/mol. The van der Waals surface area contributed by atoms with Gasteiger partial charge in [0.05, 0.1) is 18.6 Å². The van der Waals surface area contributed by atoms with E-state index in [1.165, 1.54) is 11.8 Å². The minimum Gasteiger partial charge on any atom is -0.484 e. The summed E-state index contributed by atoms with van der Waals surface area (Å²) in [6.45, 7) is 4.55. The standard InChI is InChI=1S/C23H23N3O3S/c1-15-6-7-16(12-24-15)25-14-26-10-8-23(9-11-26)13-30-22-20(28)19(27)17-4-2-3-5-18(17)21(22)29-23/h2-7,12,25H,8-11,13-14H2,1H3. The molecule has 0 saturated carbocycles. The Morgan fingerprint density at radius 3 is 2.60 bits per heavy atom. The number of hydrogen-bond donors (Lipinski definition) is 1. The van der Waals surface area contributed by atoms with E-state index in [0.717, 1.165) is 49.5 Å². The zero-order chi connectivity index (χ0) is 20.7. The molecule has 0 amide bonds. The van der Waals surface area contributed by atoms with Crippen LogP contribution in [0.25, 0.3) is 5.76 Å². The molecule has 30 heavy (non-hydrogen) atoms. The summed E-state index contributed by atoms with van der Waals surface area (Å²) < 4.78 is 6.52. The van der Waals surface area contributed by atoms with Crippen molar-refractivity contribution in [1.29, 1.82) is 0 Å². The van der Waals surface area contributed by atoms with E-state index in [4.69, 9.17) is 4.74 Å². The van der Waals surface area contributed by atoms with Crippen molar-refractivity contribution < 1.29 is 14.3 Å². The van der Waals surface area contributed by atoms with E-state index in [1.54, 1.807) is 12.1 Å². The lowest BCUT2D eigenvalue weighted by Crippen LogP contribution is -2.50. The number of carbonyl (C=O) groups excluding carboxylic acids is 2. The Bertz CT molecular complexity index is 1040. The Morgan fingerprint density at radius 2 is 1.87 bits per heavy atom. The maximum atomic E-state index is 12.6. The molecule has 1 aromatic heterocycles. The molecule has 6 nitrogen and oxygen atoms in total. The van der Waals surface area contributed by atoms with E-state index in [1.807, 2.05) is 37.4 Å². The van der Waals surface area contributed by atoms with Crippen molar-refractivity contribution >= 4 is 34.8 Å². The Kier molecular flexibility index (Phi) is 4.87. The highest BCUT2D eigenvalue weighted by molar-refractivity contribution is 8.04. The normalized spacial score (nSPS) is 20.6. The van der Waals surface area contributed by atoms with E-state index in [-0.39, 0.29) is 5.60 Å². The minimum absolute atomic E-state index is 0.292. The van der Waals surface area contributed by atoms with Gasteiger partial charge in [0.15, 0.2) is 0 Å². The molecule has 0 radical (unpaired) electrons. The van der Waals surface area contributed by atoms with Crippen LogP contribution in [0.15, 0.2) is 47.5 Å². The number of ketones is 2. The first-order valence-corrected chi connectivity index (χ1v) is 11.2. The van der Waals surface area contributed by atoms with Crippen LogP contribution < -0.4 is 5.32 Å². The van der Waals surface area contributed by atoms with Gasteiger partial charge in [-0.2, -0.15) is 0 Å². The maximum Gasteiger partial charge on any atom is 0.243 e. The van der Waals surface area contributed by atoms with Crippen molar-refractivity contribution in [2.24, 2.45) is 0 Å². The Morgan fingerprint density at radius 1 is 1.10 bits per heavy atom. The van der Waals surface area contributed by atoms with Crippen LogP contribution in [0.3, 0.4) is 0 Å². The topological polar surface area (TPSA) is 71.5 Å². The Labute approximate surface area is 179 Å². The second-order valence-electron chi connectivity index (χ2n) is 8.08. The fourth-order valence-corrected chi connectivity index (χ4v) is 5.41. The summed E-state index contributed by atoms with van der Waals surface area (Å²) in [6.07, 6.45) is 3.62. The van der Waals surface area contributed by atoms with Crippen molar-refractivity contribution in [2.75, 3.05) is 30.8 Å². The molecule has 1 spiro atoms. The first-order valence-electron chi connectivity index (χ1n) is 10.2. The van der Waals surface area contributed by atoms with E-state index < -0.39 is 11.6 Å². The highest BCUT2D eigenvalue weighted by Crippen LogP contribution is 2.47. The molecule has 2 aliphatic heterocycles. The monoisotopic (exact) mass is 421 g/mol. The second-order valence-corrected chi connectivity index (χ2v) is 9.06. The largest absolute Gasteiger partial charge is 0.484 e. The SMILES string of the molecule is Cc1ccc(NCN2CCC3(CC2)CSC2=C(O3)c3ccccc3C(=O)C2=O)cn1. The predicted octanol–water partition coefficient (Wildman–Crippen LogP) is 3.49. The molecule has 0 unspecified atom stereocenters. The number of Topliss-reactive ketones (excluding diaryl/α,β-unsaturated/α-hetero) is 2. The van der Waals surface area contributed by atoms with Gasteiger partial charge in [-0.3, -0.25) is 19.5 Å². The molecule has 1 N–H and O–H groups in total. The number of fused-ring (bicyclic) bond motifs is 2. The van der Waals surface area contributed by atoms with Crippen LogP contribution in [0.4, 0.5) is 5.69 Å². The van der Waals surface area contributed by atoms with Crippen LogP contribution in [0, 0.1) is 6.92 Å². The third kappa shape index (κ3) is 3.42. The maximum absolute atomic E-state index is 12.6. The van der Waals surface area contributed by atoms with Crippen molar-refractivity contribution in [3.63, 3.8) is 0 Å². The van der Waals surface area contributed by atoms with E-state index >= 15 is 0 Å². The summed E-state index contributed by atoms with van der Waals surface area (Å²) in [5.74, 6) is 0.444. The van der Waals surface area contributed by atoms with Crippen molar-refractivity contribution in [3.8, 4) is 0 Å². The molecule has 1 aromatic carbocycles. The van der Waals surface area contributed by atoms with Crippen LogP contribution in [0.5, 0.6) is 0 Å². The number of anilines is 1. The number of likely N-dealkylation sites (tertiary alicyclic amines) is 1. The lowest BCUT2D eigenvalue weighted by molar-refractivity contribution is -0.111. The molecule has 1 fully saturated rings. The summed E-state index contributed by atoms with van der Waals surface area (Å²) >= 11 is 1.48. The zero-order valence-corrected chi connectivity index (χ0v) is 17.6. The fraction of sp³-hybridized carbons (Fsp3) is 0.348. The van der Waals surface area contributed by atoms with Gasteiger partial charge in [0, 0.05) is 48.5 Å². The second kappa shape index (κ2) is 7.56. The highest BCUT2D eigenvalue weighted by atomic mass is 32.2. The van der Waals surface area contributed by atoms with Crippen molar-refractivity contribution in [1.82, 2.24) is 9.88 Å². The number of hydrogen-bond acceptors (Lipinski definition) is 7. The quantitative estimate of drug-likeness (QED) is 0.761. The Balaban J connectivity index is 1.27. The van der Waals surface area contributed by atoms with Gasteiger partial charge >= 0.3 is 0 Å². The molecule has 7 heteroatoms. The summed E-state index contributed by atoms with van der Waals surface area (Å²) in [7, 11) is 0. The van der Waals surface area contributed by atoms with Gasteiger partial charge in [-0.05, 0) is 19.1 Å². The van der Waals surface area contributed by atoms with E-state index in [9.17, 15) is 9.59 Å². The van der Waals surface area contributed by atoms with Crippen LogP contribution in [0.1, 0.15) is 34.5 Å². The predicted molar refractivity (Wildman–Crippen MR) is 117 cm³/mol. The molecule has 0 bridgehead atoms. The first-order chi connectivity index (χ1) is 14.5. The van der Waals surface area contributed by atoms with Crippen LogP contribution in [-0.4, -0.2) is 52.6 Å². The smallest absolute Gasteiger partial charge is 0.243 e. The number of thioether (sulfide) groups is 1. The number of aryl methyl sites for hydroxylation is 1. The molecule has 5 rings (SSSR count). The third-order valence-electron chi connectivity index (χ3n) is 6.02.